The highest BCUT2D eigenvalue weighted by Gasteiger charge is 2.27. The predicted molar refractivity (Wildman–Crippen MR) is 76.8 cm³/mol. The molecule has 1 aliphatic heterocycles. The molecule has 0 amide bonds. The van der Waals surface area contributed by atoms with Crippen LogP contribution in [0.25, 0.3) is 0 Å². The van der Waals surface area contributed by atoms with Crippen LogP contribution in [0.5, 0.6) is 5.75 Å². The largest absolute Gasteiger partial charge is 0.497 e. The normalized spacial score (nSPS) is 19.1. The second kappa shape index (κ2) is 5.74. The Kier molecular flexibility index (Phi) is 4.25. The summed E-state index contributed by atoms with van der Waals surface area (Å²) >= 11 is 0. The van der Waals surface area contributed by atoms with Gasteiger partial charge < -0.3 is 4.74 Å². The Hall–Kier alpha value is -1.35. The molecule has 1 aliphatic rings. The summed E-state index contributed by atoms with van der Waals surface area (Å²) in [7, 11) is 1.63. The molecule has 0 aliphatic carbocycles. The number of carbonyl (C=O) groups excluding carboxylic acids is 1. The third-order valence-corrected chi connectivity index (χ3v) is 3.76. The molecule has 19 heavy (non-hydrogen) atoms. The van der Waals surface area contributed by atoms with Crippen molar-refractivity contribution in [2.75, 3.05) is 26.7 Å². The highest BCUT2D eigenvalue weighted by Crippen LogP contribution is 2.28. The van der Waals surface area contributed by atoms with Gasteiger partial charge in [-0.25, -0.2) is 0 Å². The van der Waals surface area contributed by atoms with Gasteiger partial charge in [0.05, 0.1) is 13.7 Å². The van der Waals surface area contributed by atoms with Crippen LogP contribution in [0.1, 0.15) is 37.0 Å². The molecule has 1 heterocycles. The number of ketones is 1. The maximum absolute atomic E-state index is 12.2. The van der Waals surface area contributed by atoms with Gasteiger partial charge in [-0.05, 0) is 49.1 Å². The van der Waals surface area contributed by atoms with Crippen molar-refractivity contribution in [2.45, 2.75) is 26.7 Å². The Morgan fingerprint density at radius 1 is 1.32 bits per heavy atom. The summed E-state index contributed by atoms with van der Waals surface area (Å²) < 4.78 is 5.10. The Balaban J connectivity index is 1.96. The number of hydrogen-bond acceptors (Lipinski definition) is 3. The van der Waals surface area contributed by atoms with Gasteiger partial charge in [0.25, 0.3) is 0 Å². The first-order chi connectivity index (χ1) is 9.00. The molecule has 1 fully saturated rings. The molecule has 0 radical (unpaired) electrons. The summed E-state index contributed by atoms with van der Waals surface area (Å²) in [5.41, 5.74) is 1.10. The average Bonchev–Trinajstić information content (AvgIpc) is 2.37. The van der Waals surface area contributed by atoms with Gasteiger partial charge in [0.2, 0.25) is 0 Å². The molecule has 0 atom stereocenters. The molecule has 0 aromatic heterocycles. The monoisotopic (exact) mass is 261 g/mol. The van der Waals surface area contributed by atoms with Crippen LogP contribution in [0.4, 0.5) is 0 Å². The number of hydrogen-bond donors (Lipinski definition) is 0. The summed E-state index contributed by atoms with van der Waals surface area (Å²) in [6, 6.07) is 7.37. The van der Waals surface area contributed by atoms with Crippen molar-refractivity contribution < 1.29 is 9.53 Å². The summed E-state index contributed by atoms with van der Waals surface area (Å²) in [6.45, 7) is 7.12. The molecule has 1 aromatic carbocycles. The zero-order valence-corrected chi connectivity index (χ0v) is 12.1. The molecule has 104 valence electrons. The van der Waals surface area contributed by atoms with E-state index in [-0.39, 0.29) is 5.78 Å². The van der Waals surface area contributed by atoms with Gasteiger partial charge in [-0.15, -0.1) is 0 Å². The minimum absolute atomic E-state index is 0.195. The first-order valence-corrected chi connectivity index (χ1v) is 6.90. The van der Waals surface area contributed by atoms with Crippen LogP contribution in [0.15, 0.2) is 24.3 Å². The minimum Gasteiger partial charge on any atom is -0.497 e. The number of Topliss-reactive ketones (excluding diaryl/α,β-unsaturated/α-hetero) is 1. The van der Waals surface area contributed by atoms with E-state index in [2.05, 4.69) is 18.7 Å². The van der Waals surface area contributed by atoms with Crippen molar-refractivity contribution in [2.24, 2.45) is 5.41 Å². The minimum atomic E-state index is 0.195. The van der Waals surface area contributed by atoms with E-state index in [1.54, 1.807) is 7.11 Å². The van der Waals surface area contributed by atoms with Crippen LogP contribution in [0, 0.1) is 5.41 Å². The number of benzene rings is 1. The third-order valence-electron chi connectivity index (χ3n) is 3.76. The van der Waals surface area contributed by atoms with E-state index < -0.39 is 0 Å². The number of likely N-dealkylation sites (tertiary alicyclic amines) is 1. The molecule has 0 bridgehead atoms. The van der Waals surface area contributed by atoms with E-state index in [4.69, 9.17) is 4.74 Å². The SMILES string of the molecule is COc1ccc(C(=O)CN2CCCC(C)(C)C2)cc1. The van der Waals surface area contributed by atoms with E-state index in [1.807, 2.05) is 24.3 Å². The lowest BCUT2D eigenvalue weighted by Gasteiger charge is -2.37. The van der Waals surface area contributed by atoms with E-state index in [0.29, 0.717) is 12.0 Å². The van der Waals surface area contributed by atoms with Crippen LogP contribution in [0.3, 0.4) is 0 Å². The third kappa shape index (κ3) is 3.80. The van der Waals surface area contributed by atoms with Gasteiger partial charge >= 0.3 is 0 Å². The molecule has 2 rings (SSSR count). The molecular weight excluding hydrogens is 238 g/mol. The Bertz CT molecular complexity index is 437. The summed E-state index contributed by atoms with van der Waals surface area (Å²) in [6.07, 6.45) is 2.43. The summed E-state index contributed by atoms with van der Waals surface area (Å²) in [5.74, 6) is 0.982. The lowest BCUT2D eigenvalue weighted by molar-refractivity contribution is 0.0810. The van der Waals surface area contributed by atoms with Crippen LogP contribution < -0.4 is 4.74 Å². The van der Waals surface area contributed by atoms with E-state index in [9.17, 15) is 4.79 Å². The highest BCUT2D eigenvalue weighted by molar-refractivity contribution is 5.97. The lowest BCUT2D eigenvalue weighted by atomic mass is 9.84. The number of carbonyl (C=O) groups is 1. The van der Waals surface area contributed by atoms with Gasteiger partial charge in [0.15, 0.2) is 5.78 Å². The molecule has 3 nitrogen and oxygen atoms in total. The van der Waals surface area contributed by atoms with Gasteiger partial charge in [-0.3, -0.25) is 9.69 Å². The molecule has 0 N–H and O–H groups in total. The topological polar surface area (TPSA) is 29.5 Å². The van der Waals surface area contributed by atoms with Gasteiger partial charge in [-0.1, -0.05) is 13.8 Å². The fourth-order valence-electron chi connectivity index (χ4n) is 2.75. The number of nitrogens with zero attached hydrogens (tertiary/aromatic N) is 1. The van der Waals surface area contributed by atoms with Crippen molar-refractivity contribution in [3.63, 3.8) is 0 Å². The van der Waals surface area contributed by atoms with Crippen LogP contribution in [-0.2, 0) is 0 Å². The van der Waals surface area contributed by atoms with Crippen molar-refractivity contribution >= 4 is 5.78 Å². The maximum Gasteiger partial charge on any atom is 0.176 e. The zero-order valence-electron chi connectivity index (χ0n) is 12.1. The number of ether oxygens (including phenoxy) is 1. The molecule has 0 unspecified atom stereocenters. The van der Waals surface area contributed by atoms with Crippen LogP contribution in [-0.4, -0.2) is 37.4 Å². The molecule has 1 saturated heterocycles. The smallest absolute Gasteiger partial charge is 0.176 e. The Labute approximate surface area is 115 Å². The van der Waals surface area contributed by atoms with Crippen molar-refractivity contribution in [3.05, 3.63) is 29.8 Å². The second-order valence-corrected chi connectivity index (χ2v) is 6.13. The Morgan fingerprint density at radius 2 is 2.00 bits per heavy atom. The van der Waals surface area contributed by atoms with Crippen molar-refractivity contribution in [3.8, 4) is 5.75 Å². The van der Waals surface area contributed by atoms with E-state index in [1.165, 1.54) is 12.8 Å². The summed E-state index contributed by atoms with van der Waals surface area (Å²) in [5, 5.41) is 0. The maximum atomic E-state index is 12.2. The van der Waals surface area contributed by atoms with Crippen LogP contribution >= 0.6 is 0 Å². The Morgan fingerprint density at radius 3 is 2.58 bits per heavy atom. The van der Waals surface area contributed by atoms with Crippen molar-refractivity contribution in [1.29, 1.82) is 0 Å². The first kappa shape index (κ1) is 14.1. The summed E-state index contributed by atoms with van der Waals surface area (Å²) in [4.78, 5) is 14.5. The van der Waals surface area contributed by atoms with Gasteiger partial charge in [0, 0.05) is 12.1 Å². The number of piperidine rings is 1. The fourth-order valence-corrected chi connectivity index (χ4v) is 2.75. The highest BCUT2D eigenvalue weighted by atomic mass is 16.5. The zero-order chi connectivity index (χ0) is 13.9. The van der Waals surface area contributed by atoms with Gasteiger partial charge in [-0.2, -0.15) is 0 Å². The van der Waals surface area contributed by atoms with Crippen molar-refractivity contribution in [1.82, 2.24) is 4.90 Å². The first-order valence-electron chi connectivity index (χ1n) is 6.90. The lowest BCUT2D eigenvalue weighted by Crippen LogP contribution is -2.42. The fraction of sp³-hybridized carbons (Fsp3) is 0.562. The number of rotatable bonds is 4. The number of methoxy groups -OCH3 is 1. The molecule has 1 aromatic rings. The second-order valence-electron chi connectivity index (χ2n) is 6.13. The van der Waals surface area contributed by atoms with Crippen LogP contribution in [0.2, 0.25) is 0 Å². The molecule has 0 saturated carbocycles. The standard InChI is InChI=1S/C16H23NO2/c1-16(2)9-4-10-17(12-16)11-15(18)13-5-7-14(19-3)8-6-13/h5-8H,4,9-12H2,1-3H3. The predicted octanol–water partition coefficient (Wildman–Crippen LogP) is 3.00. The molecule has 0 spiro atoms. The van der Waals surface area contributed by atoms with E-state index >= 15 is 0 Å². The molecular formula is C16H23NO2. The average molecular weight is 261 g/mol. The van der Waals surface area contributed by atoms with Gasteiger partial charge in [0.1, 0.15) is 5.75 Å². The quantitative estimate of drug-likeness (QED) is 0.780. The van der Waals surface area contributed by atoms with E-state index in [0.717, 1.165) is 24.4 Å². The molecule has 3 heteroatoms.